The van der Waals surface area contributed by atoms with Crippen LogP contribution in [-0.4, -0.2) is 27.0 Å². The SMILES string of the molecule is CSc1nnc(C)n1NC(=O)c1ccc(C(C)C)cc1. The topological polar surface area (TPSA) is 59.8 Å². The minimum atomic E-state index is -0.168. The predicted molar refractivity (Wildman–Crippen MR) is 80.8 cm³/mol. The maximum atomic E-state index is 12.2. The maximum absolute atomic E-state index is 12.2. The number of rotatable bonds is 4. The molecule has 6 heteroatoms. The molecule has 0 aliphatic rings. The monoisotopic (exact) mass is 290 g/mol. The maximum Gasteiger partial charge on any atom is 0.270 e. The van der Waals surface area contributed by atoms with Crippen LogP contribution in [0.2, 0.25) is 0 Å². The van der Waals surface area contributed by atoms with E-state index in [-0.39, 0.29) is 5.91 Å². The molecule has 106 valence electrons. The van der Waals surface area contributed by atoms with Gasteiger partial charge in [-0.15, -0.1) is 10.2 Å². The quantitative estimate of drug-likeness (QED) is 0.880. The molecule has 0 atom stereocenters. The van der Waals surface area contributed by atoms with Crippen LogP contribution in [0.4, 0.5) is 0 Å². The van der Waals surface area contributed by atoms with Crippen molar-refractivity contribution >= 4 is 17.7 Å². The van der Waals surface area contributed by atoms with E-state index in [2.05, 4.69) is 29.5 Å². The second-order valence-electron chi connectivity index (χ2n) is 4.79. The predicted octanol–water partition coefficient (Wildman–Crippen LogP) is 2.82. The van der Waals surface area contributed by atoms with E-state index in [1.54, 1.807) is 11.6 Å². The van der Waals surface area contributed by atoms with Crippen LogP contribution in [0.25, 0.3) is 0 Å². The third kappa shape index (κ3) is 3.01. The molecule has 0 radical (unpaired) electrons. The summed E-state index contributed by atoms with van der Waals surface area (Å²) in [6.45, 7) is 6.05. The summed E-state index contributed by atoms with van der Waals surface area (Å²) in [6.07, 6.45) is 1.89. The zero-order valence-electron chi connectivity index (χ0n) is 12.0. The number of hydrogen-bond acceptors (Lipinski definition) is 4. The van der Waals surface area contributed by atoms with Gasteiger partial charge in [-0.2, -0.15) is 0 Å². The van der Waals surface area contributed by atoms with Crippen LogP contribution in [0.15, 0.2) is 29.4 Å². The number of thioether (sulfide) groups is 1. The van der Waals surface area contributed by atoms with Crippen molar-refractivity contribution in [3.05, 3.63) is 41.2 Å². The van der Waals surface area contributed by atoms with Gasteiger partial charge in [0.1, 0.15) is 5.82 Å². The minimum absolute atomic E-state index is 0.168. The average Bonchev–Trinajstić information content (AvgIpc) is 2.79. The van der Waals surface area contributed by atoms with Gasteiger partial charge >= 0.3 is 0 Å². The number of hydrogen-bond donors (Lipinski definition) is 1. The summed E-state index contributed by atoms with van der Waals surface area (Å²) in [5, 5.41) is 8.59. The molecule has 1 N–H and O–H groups in total. The first kappa shape index (κ1) is 14.6. The lowest BCUT2D eigenvalue weighted by Crippen LogP contribution is -2.24. The van der Waals surface area contributed by atoms with Gasteiger partial charge < -0.3 is 0 Å². The van der Waals surface area contributed by atoms with Gasteiger partial charge in [0, 0.05) is 5.56 Å². The second kappa shape index (κ2) is 6.09. The summed E-state index contributed by atoms with van der Waals surface area (Å²) in [5.74, 6) is 0.940. The van der Waals surface area contributed by atoms with Gasteiger partial charge in [-0.25, -0.2) is 4.68 Å². The van der Waals surface area contributed by atoms with Crippen molar-refractivity contribution in [3.63, 3.8) is 0 Å². The molecule has 0 saturated carbocycles. The molecule has 1 aromatic carbocycles. The van der Waals surface area contributed by atoms with Crippen molar-refractivity contribution in [1.82, 2.24) is 14.9 Å². The first-order valence-corrected chi connectivity index (χ1v) is 7.62. The number of amides is 1. The zero-order chi connectivity index (χ0) is 14.7. The molecule has 0 spiro atoms. The fourth-order valence-electron chi connectivity index (χ4n) is 1.79. The fraction of sp³-hybridized carbons (Fsp3) is 0.357. The third-order valence-corrected chi connectivity index (χ3v) is 3.66. The molecule has 2 rings (SSSR count). The molecule has 5 nitrogen and oxygen atoms in total. The van der Waals surface area contributed by atoms with Crippen LogP contribution in [0, 0.1) is 6.92 Å². The molecule has 2 aromatic rings. The van der Waals surface area contributed by atoms with E-state index in [0.717, 1.165) is 0 Å². The van der Waals surface area contributed by atoms with Gasteiger partial charge in [0.05, 0.1) is 0 Å². The van der Waals surface area contributed by atoms with Crippen molar-refractivity contribution in [3.8, 4) is 0 Å². The normalized spacial score (nSPS) is 10.8. The van der Waals surface area contributed by atoms with Crippen LogP contribution < -0.4 is 5.43 Å². The summed E-state index contributed by atoms with van der Waals surface area (Å²) in [7, 11) is 0. The summed E-state index contributed by atoms with van der Waals surface area (Å²) in [6, 6.07) is 7.63. The molecule has 1 aromatic heterocycles. The first-order chi connectivity index (χ1) is 9.52. The highest BCUT2D eigenvalue weighted by molar-refractivity contribution is 7.98. The van der Waals surface area contributed by atoms with Crippen molar-refractivity contribution in [2.24, 2.45) is 0 Å². The van der Waals surface area contributed by atoms with E-state index < -0.39 is 0 Å². The highest BCUT2D eigenvalue weighted by atomic mass is 32.2. The number of carbonyl (C=O) groups excluding carboxylic acids is 1. The minimum Gasteiger partial charge on any atom is -0.267 e. The molecule has 0 saturated heterocycles. The molecule has 0 aliphatic carbocycles. The van der Waals surface area contributed by atoms with E-state index in [0.29, 0.717) is 22.5 Å². The number of nitrogens with zero attached hydrogens (tertiary/aromatic N) is 3. The Bertz CT molecular complexity index is 604. The molecule has 20 heavy (non-hydrogen) atoms. The van der Waals surface area contributed by atoms with Crippen LogP contribution in [0.1, 0.15) is 41.5 Å². The Morgan fingerprint density at radius 2 is 1.90 bits per heavy atom. The van der Waals surface area contributed by atoms with E-state index in [1.807, 2.05) is 30.5 Å². The van der Waals surface area contributed by atoms with Crippen molar-refractivity contribution in [2.45, 2.75) is 31.8 Å². The van der Waals surface area contributed by atoms with Gasteiger partial charge in [-0.1, -0.05) is 37.7 Å². The Hall–Kier alpha value is -1.82. The average molecular weight is 290 g/mol. The molecule has 0 aliphatic heterocycles. The Morgan fingerprint density at radius 3 is 2.45 bits per heavy atom. The molecule has 0 unspecified atom stereocenters. The number of benzene rings is 1. The third-order valence-electron chi connectivity index (χ3n) is 3.03. The van der Waals surface area contributed by atoms with Gasteiger partial charge in [-0.3, -0.25) is 10.2 Å². The van der Waals surface area contributed by atoms with Crippen LogP contribution in [-0.2, 0) is 0 Å². The lowest BCUT2D eigenvalue weighted by Gasteiger charge is -2.10. The molecular weight excluding hydrogens is 272 g/mol. The van der Waals surface area contributed by atoms with Crippen LogP contribution in [0.5, 0.6) is 0 Å². The van der Waals surface area contributed by atoms with E-state index in [1.165, 1.54) is 17.3 Å². The van der Waals surface area contributed by atoms with E-state index in [9.17, 15) is 4.79 Å². The zero-order valence-corrected chi connectivity index (χ0v) is 12.9. The van der Waals surface area contributed by atoms with E-state index in [4.69, 9.17) is 0 Å². The van der Waals surface area contributed by atoms with Gasteiger partial charge in [-0.05, 0) is 36.8 Å². The molecule has 0 fully saturated rings. The van der Waals surface area contributed by atoms with Crippen molar-refractivity contribution in [1.29, 1.82) is 0 Å². The number of nitrogens with one attached hydrogen (secondary N) is 1. The van der Waals surface area contributed by atoms with Crippen LogP contribution >= 0.6 is 11.8 Å². The summed E-state index contributed by atoms with van der Waals surface area (Å²) in [4.78, 5) is 12.2. The number of carbonyl (C=O) groups is 1. The Morgan fingerprint density at radius 1 is 1.25 bits per heavy atom. The molecule has 0 bridgehead atoms. The lowest BCUT2D eigenvalue weighted by atomic mass is 10.0. The summed E-state index contributed by atoms with van der Waals surface area (Å²) in [5.41, 5.74) is 4.64. The molecular formula is C14H18N4OS. The second-order valence-corrected chi connectivity index (χ2v) is 5.56. The van der Waals surface area contributed by atoms with Gasteiger partial charge in [0.25, 0.3) is 5.91 Å². The summed E-state index contributed by atoms with van der Waals surface area (Å²) < 4.78 is 1.60. The Kier molecular flexibility index (Phi) is 4.44. The fourth-order valence-corrected chi connectivity index (χ4v) is 2.27. The smallest absolute Gasteiger partial charge is 0.267 e. The van der Waals surface area contributed by atoms with Gasteiger partial charge in [0.2, 0.25) is 5.16 Å². The van der Waals surface area contributed by atoms with Gasteiger partial charge in [0.15, 0.2) is 0 Å². The molecule has 1 heterocycles. The first-order valence-electron chi connectivity index (χ1n) is 6.40. The highest BCUT2D eigenvalue weighted by Gasteiger charge is 2.12. The Balaban J connectivity index is 2.17. The number of aryl methyl sites for hydroxylation is 1. The number of aromatic nitrogens is 3. The lowest BCUT2D eigenvalue weighted by molar-refractivity contribution is 0.100. The standard InChI is InChI=1S/C14H18N4OS/c1-9(2)11-5-7-12(8-6-11)13(19)17-18-10(3)15-16-14(18)20-4/h5-9H,1-4H3,(H,17,19). The Labute approximate surface area is 122 Å². The molecule has 1 amide bonds. The van der Waals surface area contributed by atoms with Crippen LogP contribution in [0.3, 0.4) is 0 Å². The largest absolute Gasteiger partial charge is 0.270 e. The van der Waals surface area contributed by atoms with Crippen molar-refractivity contribution < 1.29 is 4.79 Å². The highest BCUT2D eigenvalue weighted by Crippen LogP contribution is 2.15. The summed E-state index contributed by atoms with van der Waals surface area (Å²) >= 11 is 1.43. The van der Waals surface area contributed by atoms with E-state index >= 15 is 0 Å². The van der Waals surface area contributed by atoms with Crippen molar-refractivity contribution in [2.75, 3.05) is 11.7 Å².